The Balaban J connectivity index is 2.96. The van der Waals surface area contributed by atoms with E-state index in [1.54, 1.807) is 13.8 Å². The standard InChI is InChI=1S/C10H14ClN3O3/c1-5(2)7(9(15)16)13-8-6(11)4-12-10(14-8)17-3/h4-5,7H,1-3H3,(H,15,16)(H,12,13,14)/t7-/m1/s1. The number of carboxylic acids is 1. The van der Waals surface area contributed by atoms with Crippen molar-refractivity contribution in [3.05, 3.63) is 11.2 Å². The lowest BCUT2D eigenvalue weighted by Crippen LogP contribution is -2.34. The molecule has 1 heterocycles. The Labute approximate surface area is 104 Å². The van der Waals surface area contributed by atoms with E-state index in [4.69, 9.17) is 21.4 Å². The third kappa shape index (κ3) is 3.45. The second-order valence-corrected chi connectivity index (χ2v) is 4.16. The van der Waals surface area contributed by atoms with Gasteiger partial charge in [-0.1, -0.05) is 25.4 Å². The zero-order valence-corrected chi connectivity index (χ0v) is 10.5. The van der Waals surface area contributed by atoms with E-state index in [1.165, 1.54) is 13.3 Å². The van der Waals surface area contributed by atoms with Gasteiger partial charge in [0.05, 0.1) is 13.3 Å². The smallest absolute Gasteiger partial charge is 0.326 e. The number of carbonyl (C=O) groups is 1. The van der Waals surface area contributed by atoms with Crippen LogP contribution in [0.4, 0.5) is 5.82 Å². The van der Waals surface area contributed by atoms with E-state index in [0.717, 1.165) is 0 Å². The predicted octanol–water partition coefficient (Wildman–Crippen LogP) is 1.66. The van der Waals surface area contributed by atoms with Crippen molar-refractivity contribution in [2.45, 2.75) is 19.9 Å². The topological polar surface area (TPSA) is 84.3 Å². The van der Waals surface area contributed by atoms with Gasteiger partial charge in [0.15, 0.2) is 5.82 Å². The fourth-order valence-corrected chi connectivity index (χ4v) is 1.36. The molecule has 0 aromatic carbocycles. The molecule has 0 fully saturated rings. The number of aliphatic carboxylic acids is 1. The van der Waals surface area contributed by atoms with E-state index in [0.29, 0.717) is 0 Å². The minimum absolute atomic E-state index is 0.107. The largest absolute Gasteiger partial charge is 0.480 e. The quantitative estimate of drug-likeness (QED) is 0.837. The molecule has 7 heteroatoms. The van der Waals surface area contributed by atoms with Gasteiger partial charge in [-0.2, -0.15) is 4.98 Å². The molecule has 0 aliphatic heterocycles. The van der Waals surface area contributed by atoms with Crippen LogP contribution in [-0.2, 0) is 4.79 Å². The van der Waals surface area contributed by atoms with E-state index in [-0.39, 0.29) is 22.8 Å². The Morgan fingerprint density at radius 3 is 2.71 bits per heavy atom. The number of nitrogens with one attached hydrogen (secondary N) is 1. The van der Waals surface area contributed by atoms with Crippen LogP contribution >= 0.6 is 11.6 Å². The Bertz CT molecular complexity index is 412. The first kappa shape index (κ1) is 13.5. The number of halogens is 1. The number of hydrogen-bond donors (Lipinski definition) is 2. The normalized spacial score (nSPS) is 12.3. The lowest BCUT2D eigenvalue weighted by molar-refractivity contribution is -0.138. The van der Waals surface area contributed by atoms with Gasteiger partial charge in [-0.25, -0.2) is 9.78 Å². The average Bonchev–Trinajstić information content (AvgIpc) is 2.27. The molecule has 6 nitrogen and oxygen atoms in total. The molecule has 1 rings (SSSR count). The number of hydrogen-bond acceptors (Lipinski definition) is 5. The summed E-state index contributed by atoms with van der Waals surface area (Å²) in [5.41, 5.74) is 0. The molecule has 1 atom stereocenters. The second kappa shape index (κ2) is 5.67. The summed E-state index contributed by atoms with van der Waals surface area (Å²) in [7, 11) is 1.42. The maximum absolute atomic E-state index is 11.0. The SMILES string of the molecule is COc1ncc(Cl)c(N[C@@H](C(=O)O)C(C)C)n1. The van der Waals surface area contributed by atoms with Crippen LogP contribution in [0.2, 0.25) is 5.02 Å². The summed E-state index contributed by atoms with van der Waals surface area (Å²) >= 11 is 5.87. The highest BCUT2D eigenvalue weighted by atomic mass is 35.5. The maximum Gasteiger partial charge on any atom is 0.326 e. The highest BCUT2D eigenvalue weighted by molar-refractivity contribution is 6.32. The zero-order chi connectivity index (χ0) is 13.0. The van der Waals surface area contributed by atoms with Gasteiger partial charge in [-0.15, -0.1) is 0 Å². The summed E-state index contributed by atoms with van der Waals surface area (Å²) in [6, 6.07) is -0.642. The molecule has 0 aliphatic rings. The van der Waals surface area contributed by atoms with Crippen LogP contribution in [0.1, 0.15) is 13.8 Å². The van der Waals surface area contributed by atoms with Crippen LogP contribution in [0.3, 0.4) is 0 Å². The van der Waals surface area contributed by atoms with Crippen molar-refractivity contribution in [3.8, 4) is 6.01 Å². The van der Waals surface area contributed by atoms with Crippen LogP contribution in [-0.4, -0.2) is 34.2 Å². The van der Waals surface area contributed by atoms with Gasteiger partial charge < -0.3 is 15.2 Å². The van der Waals surface area contributed by atoms with E-state index in [9.17, 15) is 4.79 Å². The first-order valence-corrected chi connectivity index (χ1v) is 5.39. The van der Waals surface area contributed by atoms with Gasteiger partial charge in [-0.05, 0) is 5.92 Å². The van der Waals surface area contributed by atoms with E-state index >= 15 is 0 Å². The number of aromatic nitrogens is 2. The first-order valence-electron chi connectivity index (χ1n) is 5.01. The predicted molar refractivity (Wildman–Crippen MR) is 63.5 cm³/mol. The van der Waals surface area contributed by atoms with Crippen LogP contribution in [0, 0.1) is 5.92 Å². The van der Waals surface area contributed by atoms with Crippen LogP contribution in [0.25, 0.3) is 0 Å². The minimum Gasteiger partial charge on any atom is -0.480 e. The molecule has 0 spiro atoms. The average molecular weight is 260 g/mol. The molecule has 0 bridgehead atoms. The Morgan fingerprint density at radius 2 is 2.24 bits per heavy atom. The van der Waals surface area contributed by atoms with Gasteiger partial charge in [0.2, 0.25) is 0 Å². The fourth-order valence-electron chi connectivity index (χ4n) is 1.21. The molecular weight excluding hydrogens is 246 g/mol. The molecule has 17 heavy (non-hydrogen) atoms. The molecule has 2 N–H and O–H groups in total. The minimum atomic E-state index is -0.964. The number of carboxylic acid groups (broad SMARTS) is 1. The summed E-state index contributed by atoms with van der Waals surface area (Å²) in [6.07, 6.45) is 1.36. The second-order valence-electron chi connectivity index (χ2n) is 3.76. The van der Waals surface area contributed by atoms with Crippen molar-refractivity contribution < 1.29 is 14.6 Å². The zero-order valence-electron chi connectivity index (χ0n) is 9.77. The third-order valence-corrected chi connectivity index (χ3v) is 2.41. The molecule has 0 aliphatic carbocycles. The van der Waals surface area contributed by atoms with Gasteiger partial charge in [0, 0.05) is 0 Å². The number of ether oxygens (including phenoxy) is 1. The fraction of sp³-hybridized carbons (Fsp3) is 0.500. The van der Waals surface area contributed by atoms with Crippen molar-refractivity contribution in [3.63, 3.8) is 0 Å². The highest BCUT2D eigenvalue weighted by Crippen LogP contribution is 2.22. The number of nitrogens with zero attached hydrogens (tertiary/aromatic N) is 2. The summed E-state index contributed by atoms with van der Waals surface area (Å²) < 4.78 is 4.84. The summed E-state index contributed by atoms with van der Waals surface area (Å²) in [5.74, 6) is -0.821. The third-order valence-electron chi connectivity index (χ3n) is 2.13. The molecular formula is C10H14ClN3O3. The molecule has 0 unspecified atom stereocenters. The molecule has 1 aromatic rings. The lowest BCUT2D eigenvalue weighted by Gasteiger charge is -2.19. The monoisotopic (exact) mass is 259 g/mol. The van der Waals surface area contributed by atoms with Crippen molar-refractivity contribution >= 4 is 23.4 Å². The van der Waals surface area contributed by atoms with Crippen molar-refractivity contribution in [1.82, 2.24) is 9.97 Å². The first-order chi connectivity index (χ1) is 7.95. The highest BCUT2D eigenvalue weighted by Gasteiger charge is 2.22. The Hall–Kier alpha value is -1.56. The van der Waals surface area contributed by atoms with E-state index in [1.807, 2.05) is 0 Å². The van der Waals surface area contributed by atoms with Gasteiger partial charge in [0.1, 0.15) is 11.1 Å². The Morgan fingerprint density at radius 1 is 1.59 bits per heavy atom. The van der Waals surface area contributed by atoms with E-state index < -0.39 is 12.0 Å². The molecule has 0 saturated heterocycles. The molecule has 0 amide bonds. The Kier molecular flexibility index (Phi) is 4.51. The molecule has 0 radical (unpaired) electrons. The summed E-state index contributed by atoms with van der Waals surface area (Å²) in [6.45, 7) is 3.58. The number of anilines is 1. The van der Waals surface area contributed by atoms with Gasteiger partial charge >= 0.3 is 12.0 Å². The number of rotatable bonds is 5. The van der Waals surface area contributed by atoms with Gasteiger partial charge in [0.25, 0.3) is 0 Å². The van der Waals surface area contributed by atoms with Crippen LogP contribution < -0.4 is 10.1 Å². The van der Waals surface area contributed by atoms with Gasteiger partial charge in [-0.3, -0.25) is 0 Å². The van der Waals surface area contributed by atoms with Crippen LogP contribution in [0.15, 0.2) is 6.20 Å². The van der Waals surface area contributed by atoms with Crippen LogP contribution in [0.5, 0.6) is 6.01 Å². The lowest BCUT2D eigenvalue weighted by atomic mass is 10.1. The maximum atomic E-state index is 11.0. The van der Waals surface area contributed by atoms with E-state index in [2.05, 4.69) is 15.3 Å². The molecule has 0 saturated carbocycles. The molecule has 1 aromatic heterocycles. The summed E-state index contributed by atoms with van der Waals surface area (Å²) in [5, 5.41) is 12.0. The van der Waals surface area contributed by atoms with Crippen molar-refractivity contribution in [2.24, 2.45) is 5.92 Å². The number of methoxy groups -OCH3 is 1. The molecule has 94 valence electrons. The van der Waals surface area contributed by atoms with Crippen molar-refractivity contribution in [2.75, 3.05) is 12.4 Å². The van der Waals surface area contributed by atoms with Crippen molar-refractivity contribution in [1.29, 1.82) is 0 Å². The summed E-state index contributed by atoms with van der Waals surface area (Å²) in [4.78, 5) is 18.8.